The maximum absolute atomic E-state index is 11.6. The summed E-state index contributed by atoms with van der Waals surface area (Å²) in [6.07, 6.45) is 4.00. The molecule has 182 valence electrons. The summed E-state index contributed by atoms with van der Waals surface area (Å²) < 4.78 is 12.3. The number of fused-ring (bicyclic) bond motifs is 2. The van der Waals surface area contributed by atoms with E-state index in [0.29, 0.717) is 23.4 Å². The van der Waals surface area contributed by atoms with Crippen molar-refractivity contribution in [3.63, 3.8) is 0 Å². The lowest BCUT2D eigenvalue weighted by Crippen LogP contribution is -2.59. The molecule has 3 aromatic carbocycles. The fourth-order valence-electron chi connectivity index (χ4n) is 5.23. The van der Waals surface area contributed by atoms with Gasteiger partial charge in [-0.2, -0.15) is 0 Å². The molecule has 35 heavy (non-hydrogen) atoms. The van der Waals surface area contributed by atoms with Crippen molar-refractivity contribution >= 4 is 17.5 Å². The molecule has 0 bridgehead atoms. The van der Waals surface area contributed by atoms with Gasteiger partial charge in [0.15, 0.2) is 0 Å². The molecule has 2 heterocycles. The van der Waals surface area contributed by atoms with E-state index in [0.717, 1.165) is 5.69 Å². The molecule has 0 amide bonds. The van der Waals surface area contributed by atoms with Gasteiger partial charge in [0.2, 0.25) is 11.5 Å². The number of benzene rings is 3. The highest BCUT2D eigenvalue weighted by Crippen LogP contribution is 2.56. The molecule has 0 N–H and O–H groups in total. The van der Waals surface area contributed by atoms with E-state index in [4.69, 9.17) is 9.47 Å². The first-order chi connectivity index (χ1) is 16.8. The fraction of sp³-hybridized carbons (Fsp3) is 0.310. The lowest BCUT2D eigenvalue weighted by Gasteiger charge is -2.47. The summed E-state index contributed by atoms with van der Waals surface area (Å²) in [4.78, 5) is 13.5. The molecule has 0 radical (unpaired) electrons. The molecule has 0 aliphatic carbocycles. The second-order valence-corrected chi connectivity index (χ2v) is 9.08. The minimum atomic E-state index is -0.814. The quantitative estimate of drug-likeness (QED) is 0.301. The maximum atomic E-state index is 11.6. The Morgan fingerprint density at radius 3 is 2.37 bits per heavy atom. The van der Waals surface area contributed by atoms with Crippen LogP contribution < -0.4 is 14.4 Å². The zero-order valence-corrected chi connectivity index (χ0v) is 21.2. The summed E-state index contributed by atoms with van der Waals surface area (Å²) >= 11 is 0. The molecule has 6 heteroatoms. The van der Waals surface area contributed by atoms with E-state index >= 15 is 0 Å². The number of rotatable bonds is 4. The largest absolute Gasteiger partial charge is 0.490 e. The summed E-state index contributed by atoms with van der Waals surface area (Å²) in [6.45, 7) is 10.8. The first kappa shape index (κ1) is 24.3. The third kappa shape index (κ3) is 3.64. The van der Waals surface area contributed by atoms with Gasteiger partial charge in [-0.15, -0.1) is 0 Å². The number of nitro benzene ring substituents is 1. The van der Waals surface area contributed by atoms with Crippen molar-refractivity contribution in [3.05, 3.63) is 99.1 Å². The summed E-state index contributed by atoms with van der Waals surface area (Å²) in [7, 11) is 1.45. The third-order valence-electron chi connectivity index (χ3n) is 6.96. The summed E-state index contributed by atoms with van der Waals surface area (Å²) in [5, 5.41) is 11.6. The Morgan fingerprint density at radius 1 is 1.06 bits per heavy atom. The molecule has 0 saturated heterocycles. The number of nitro groups is 1. The van der Waals surface area contributed by atoms with Gasteiger partial charge < -0.3 is 14.4 Å². The van der Waals surface area contributed by atoms with Crippen LogP contribution in [0.4, 0.5) is 11.4 Å². The predicted molar refractivity (Wildman–Crippen MR) is 140 cm³/mol. The number of hydrogen-bond acceptors (Lipinski definition) is 5. The number of nitrogens with zero attached hydrogens (tertiary/aromatic N) is 2. The summed E-state index contributed by atoms with van der Waals surface area (Å²) in [6, 6.07) is 20.2. The maximum Gasteiger partial charge on any atom is 0.312 e. The van der Waals surface area contributed by atoms with E-state index in [1.807, 2.05) is 57.2 Å². The highest BCUT2D eigenvalue weighted by atomic mass is 16.6. The molecule has 2 aliphatic rings. The first-order valence-corrected chi connectivity index (χ1v) is 12.0. The molecular weight excluding hydrogens is 440 g/mol. The molecular formula is C29H32N2O4. The van der Waals surface area contributed by atoms with Crippen LogP contribution in [0.25, 0.3) is 6.08 Å². The Kier molecular flexibility index (Phi) is 6.32. The molecule has 5 rings (SSSR count). The van der Waals surface area contributed by atoms with Crippen LogP contribution in [0.5, 0.6) is 11.5 Å². The van der Waals surface area contributed by atoms with E-state index in [2.05, 4.69) is 49.1 Å². The topological polar surface area (TPSA) is 64.8 Å². The summed E-state index contributed by atoms with van der Waals surface area (Å²) in [5.41, 5.74) is 3.51. The smallest absolute Gasteiger partial charge is 0.312 e. The van der Waals surface area contributed by atoms with E-state index < -0.39 is 16.1 Å². The van der Waals surface area contributed by atoms with Gasteiger partial charge in [-0.05, 0) is 50.1 Å². The lowest BCUT2D eigenvalue weighted by molar-refractivity contribution is -0.385. The Labute approximate surface area is 207 Å². The van der Waals surface area contributed by atoms with Crippen molar-refractivity contribution < 1.29 is 14.4 Å². The van der Waals surface area contributed by atoms with Gasteiger partial charge in [0.25, 0.3) is 0 Å². The molecule has 0 saturated carbocycles. The van der Waals surface area contributed by atoms with Gasteiger partial charge in [-0.3, -0.25) is 10.1 Å². The number of methoxy groups -OCH3 is 1. The van der Waals surface area contributed by atoms with Crippen LogP contribution in [0.2, 0.25) is 0 Å². The van der Waals surface area contributed by atoms with Crippen LogP contribution in [0.3, 0.4) is 0 Å². The minimum absolute atomic E-state index is 0.0620. The molecule has 3 aromatic rings. The molecule has 1 spiro atoms. The van der Waals surface area contributed by atoms with Crippen molar-refractivity contribution in [2.75, 3.05) is 12.0 Å². The normalized spacial score (nSPS) is 18.7. The summed E-state index contributed by atoms with van der Waals surface area (Å²) in [5.74, 6) is 0.839. The third-order valence-corrected chi connectivity index (χ3v) is 6.96. The van der Waals surface area contributed by atoms with Crippen molar-refractivity contribution in [1.82, 2.24) is 0 Å². The van der Waals surface area contributed by atoms with Gasteiger partial charge in [0.05, 0.1) is 17.4 Å². The van der Waals surface area contributed by atoms with Crippen molar-refractivity contribution in [2.45, 2.75) is 52.3 Å². The average molecular weight is 473 g/mol. The fourth-order valence-corrected chi connectivity index (χ4v) is 5.23. The van der Waals surface area contributed by atoms with Crippen LogP contribution in [0.15, 0.2) is 66.7 Å². The average Bonchev–Trinajstić information content (AvgIpc) is 3.05. The van der Waals surface area contributed by atoms with Gasteiger partial charge in [0.1, 0.15) is 5.75 Å². The first-order valence-electron chi connectivity index (χ1n) is 12.0. The van der Waals surface area contributed by atoms with Gasteiger partial charge in [0, 0.05) is 29.4 Å². The number of para-hydroxylation sites is 1. The number of anilines is 1. The molecule has 1 atom stereocenters. The van der Waals surface area contributed by atoms with Gasteiger partial charge >= 0.3 is 5.69 Å². The monoisotopic (exact) mass is 472 g/mol. The SMILES string of the molecule is CC.COc1c([N+](=O)[O-])cc2c(c1C)OC1(C=C2)N(Cc2ccccc2)c2ccccc2C1(C)C. The van der Waals surface area contributed by atoms with Crippen LogP contribution in [-0.2, 0) is 12.0 Å². The number of hydrogen-bond donors (Lipinski definition) is 0. The van der Waals surface area contributed by atoms with Crippen molar-refractivity contribution in [3.8, 4) is 11.5 Å². The molecule has 0 aromatic heterocycles. The van der Waals surface area contributed by atoms with E-state index in [1.165, 1.54) is 24.3 Å². The minimum Gasteiger partial charge on any atom is -0.490 e. The van der Waals surface area contributed by atoms with Crippen molar-refractivity contribution in [1.29, 1.82) is 0 Å². The van der Waals surface area contributed by atoms with Crippen LogP contribution in [0, 0.1) is 17.0 Å². The van der Waals surface area contributed by atoms with E-state index in [9.17, 15) is 10.1 Å². The predicted octanol–water partition coefficient (Wildman–Crippen LogP) is 7.04. The van der Waals surface area contributed by atoms with E-state index in [1.54, 1.807) is 0 Å². The Morgan fingerprint density at radius 2 is 1.71 bits per heavy atom. The van der Waals surface area contributed by atoms with Crippen molar-refractivity contribution in [2.24, 2.45) is 0 Å². The zero-order chi connectivity index (χ0) is 25.4. The molecule has 0 fully saturated rings. The Hall–Kier alpha value is -3.80. The highest BCUT2D eigenvalue weighted by Gasteiger charge is 2.59. The van der Waals surface area contributed by atoms with Gasteiger partial charge in [-0.1, -0.05) is 62.4 Å². The standard InChI is InChI=1S/C27H26N2O4.C2H6/c1-18-24-20(16-23(29(30)31)25(18)32-4)14-15-27(33-24)26(2,3)21-12-8-9-13-22(21)28(27)17-19-10-6-5-7-11-19;1-2/h5-16H,17H2,1-4H3;1-2H3. The van der Waals surface area contributed by atoms with Crippen LogP contribution >= 0.6 is 0 Å². The zero-order valence-electron chi connectivity index (χ0n) is 21.2. The van der Waals surface area contributed by atoms with Gasteiger partial charge in [-0.25, -0.2) is 0 Å². The Balaban J connectivity index is 0.00000141. The molecule has 6 nitrogen and oxygen atoms in total. The second kappa shape index (κ2) is 9.10. The highest BCUT2D eigenvalue weighted by molar-refractivity contribution is 5.76. The second-order valence-electron chi connectivity index (χ2n) is 9.08. The lowest BCUT2D eigenvalue weighted by atomic mass is 9.76. The Bertz CT molecular complexity index is 1280. The molecule has 1 unspecified atom stereocenters. The van der Waals surface area contributed by atoms with Crippen LogP contribution in [0.1, 0.15) is 49.9 Å². The number of ether oxygens (including phenoxy) is 2. The van der Waals surface area contributed by atoms with E-state index in [-0.39, 0.29) is 11.4 Å². The molecule has 2 aliphatic heterocycles. The van der Waals surface area contributed by atoms with Crippen LogP contribution in [-0.4, -0.2) is 17.8 Å².